The summed E-state index contributed by atoms with van der Waals surface area (Å²) in [4.78, 5) is 22.2. The van der Waals surface area contributed by atoms with Crippen molar-refractivity contribution in [1.29, 1.82) is 0 Å². The molecule has 2 N–H and O–H groups in total. The standard InChI is InChI=1S/C12H15FN2O2S/c1-8(9-3-5-10(13)6-4-9)18-7-11(16)15-12(17)14-2/h3-6,8H,7H2,1-2H3,(H2,14,15,16,17)/t8-/m1/s1. The van der Waals surface area contributed by atoms with Crippen molar-refractivity contribution in [3.8, 4) is 0 Å². The van der Waals surface area contributed by atoms with Gasteiger partial charge >= 0.3 is 6.03 Å². The highest BCUT2D eigenvalue weighted by Crippen LogP contribution is 2.27. The maximum Gasteiger partial charge on any atom is 0.321 e. The van der Waals surface area contributed by atoms with Crippen LogP contribution in [0.1, 0.15) is 17.7 Å². The van der Waals surface area contributed by atoms with Gasteiger partial charge in [0.1, 0.15) is 5.82 Å². The van der Waals surface area contributed by atoms with Crippen molar-refractivity contribution < 1.29 is 14.0 Å². The molecule has 0 spiro atoms. The fourth-order valence-corrected chi connectivity index (χ4v) is 2.08. The minimum Gasteiger partial charge on any atom is -0.341 e. The summed E-state index contributed by atoms with van der Waals surface area (Å²) < 4.78 is 12.7. The Morgan fingerprint density at radius 1 is 1.33 bits per heavy atom. The lowest BCUT2D eigenvalue weighted by Crippen LogP contribution is -2.38. The van der Waals surface area contributed by atoms with E-state index in [4.69, 9.17) is 0 Å². The zero-order chi connectivity index (χ0) is 13.5. The molecular formula is C12H15FN2O2S. The highest BCUT2D eigenvalue weighted by molar-refractivity contribution is 8.00. The molecule has 1 aromatic carbocycles. The van der Waals surface area contributed by atoms with E-state index < -0.39 is 6.03 Å². The van der Waals surface area contributed by atoms with Gasteiger partial charge in [0.05, 0.1) is 5.75 Å². The maximum absolute atomic E-state index is 12.7. The predicted molar refractivity (Wildman–Crippen MR) is 69.9 cm³/mol. The van der Waals surface area contributed by atoms with Gasteiger partial charge in [-0.05, 0) is 24.6 Å². The topological polar surface area (TPSA) is 58.2 Å². The first-order valence-electron chi connectivity index (χ1n) is 5.41. The Morgan fingerprint density at radius 2 is 1.94 bits per heavy atom. The number of rotatable bonds is 4. The molecule has 0 aliphatic carbocycles. The quantitative estimate of drug-likeness (QED) is 0.880. The third-order valence-electron chi connectivity index (χ3n) is 2.28. The Morgan fingerprint density at radius 3 is 2.50 bits per heavy atom. The van der Waals surface area contributed by atoms with E-state index in [2.05, 4.69) is 10.6 Å². The van der Waals surface area contributed by atoms with Crippen LogP contribution in [0, 0.1) is 5.82 Å². The Balaban J connectivity index is 2.41. The molecule has 0 fully saturated rings. The van der Waals surface area contributed by atoms with Gasteiger partial charge in [-0.1, -0.05) is 12.1 Å². The average Bonchev–Trinajstić information content (AvgIpc) is 2.36. The SMILES string of the molecule is CNC(=O)NC(=O)CS[C@H](C)c1ccc(F)cc1. The number of nitrogens with one attached hydrogen (secondary N) is 2. The van der Waals surface area contributed by atoms with Crippen LogP contribution >= 0.6 is 11.8 Å². The second-order valence-corrected chi connectivity index (χ2v) is 4.96. The number of carbonyl (C=O) groups excluding carboxylic acids is 2. The van der Waals surface area contributed by atoms with Gasteiger partial charge in [-0.15, -0.1) is 11.8 Å². The van der Waals surface area contributed by atoms with Crippen LogP contribution in [0.25, 0.3) is 0 Å². The zero-order valence-corrected chi connectivity index (χ0v) is 11.0. The Bertz CT molecular complexity index is 423. The number of imide groups is 1. The minimum atomic E-state index is -0.518. The number of carbonyl (C=O) groups is 2. The van der Waals surface area contributed by atoms with E-state index in [1.54, 1.807) is 12.1 Å². The normalized spacial score (nSPS) is 11.7. The summed E-state index contributed by atoms with van der Waals surface area (Å²) in [5, 5.41) is 4.53. The number of hydrogen-bond acceptors (Lipinski definition) is 3. The molecule has 0 saturated heterocycles. The molecule has 0 saturated carbocycles. The molecule has 18 heavy (non-hydrogen) atoms. The van der Waals surface area contributed by atoms with E-state index in [-0.39, 0.29) is 22.7 Å². The summed E-state index contributed by atoms with van der Waals surface area (Å²) in [5.41, 5.74) is 0.939. The van der Waals surface area contributed by atoms with Gasteiger partial charge in [0.15, 0.2) is 0 Å². The molecule has 0 aliphatic heterocycles. The molecule has 1 atom stereocenters. The minimum absolute atomic E-state index is 0.0565. The van der Waals surface area contributed by atoms with Crippen molar-refractivity contribution in [2.24, 2.45) is 0 Å². The van der Waals surface area contributed by atoms with Crippen LogP contribution in [0.4, 0.5) is 9.18 Å². The zero-order valence-electron chi connectivity index (χ0n) is 10.2. The van der Waals surface area contributed by atoms with Crippen LogP contribution in [0.3, 0.4) is 0 Å². The van der Waals surface area contributed by atoms with Gasteiger partial charge in [0.25, 0.3) is 0 Å². The fraction of sp³-hybridized carbons (Fsp3) is 0.333. The molecule has 0 aromatic heterocycles. The lowest BCUT2D eigenvalue weighted by molar-refractivity contribution is -0.117. The molecule has 0 bridgehead atoms. The van der Waals surface area contributed by atoms with E-state index in [1.807, 2.05) is 6.92 Å². The lowest BCUT2D eigenvalue weighted by Gasteiger charge is -2.11. The van der Waals surface area contributed by atoms with Crippen molar-refractivity contribution in [3.63, 3.8) is 0 Å². The average molecular weight is 270 g/mol. The summed E-state index contributed by atoms with van der Waals surface area (Å²) in [6.45, 7) is 1.92. The molecule has 1 aromatic rings. The Labute approximate surface area is 109 Å². The summed E-state index contributed by atoms with van der Waals surface area (Å²) in [5.74, 6) is -0.465. The van der Waals surface area contributed by atoms with E-state index in [0.29, 0.717) is 0 Å². The van der Waals surface area contributed by atoms with E-state index >= 15 is 0 Å². The third kappa shape index (κ3) is 4.75. The Hall–Kier alpha value is -1.56. The third-order valence-corrected chi connectivity index (χ3v) is 3.48. The molecular weight excluding hydrogens is 255 g/mol. The van der Waals surface area contributed by atoms with Crippen molar-refractivity contribution in [1.82, 2.24) is 10.6 Å². The Kier molecular flexibility index (Phi) is 5.64. The van der Waals surface area contributed by atoms with Crippen molar-refractivity contribution in [2.75, 3.05) is 12.8 Å². The predicted octanol–water partition coefficient (Wildman–Crippen LogP) is 2.08. The smallest absolute Gasteiger partial charge is 0.321 e. The second-order valence-electron chi connectivity index (χ2n) is 3.63. The van der Waals surface area contributed by atoms with Crippen molar-refractivity contribution in [3.05, 3.63) is 35.6 Å². The van der Waals surface area contributed by atoms with Crippen LogP contribution in [0.15, 0.2) is 24.3 Å². The van der Waals surface area contributed by atoms with Gasteiger partial charge in [0.2, 0.25) is 5.91 Å². The van der Waals surface area contributed by atoms with Crippen LogP contribution in [0.5, 0.6) is 0 Å². The van der Waals surface area contributed by atoms with Gasteiger partial charge in [-0.2, -0.15) is 0 Å². The highest BCUT2D eigenvalue weighted by atomic mass is 32.2. The monoisotopic (exact) mass is 270 g/mol. The molecule has 0 radical (unpaired) electrons. The number of hydrogen-bond donors (Lipinski definition) is 2. The molecule has 1 rings (SSSR count). The van der Waals surface area contributed by atoms with E-state index in [0.717, 1.165) is 5.56 Å². The molecule has 6 heteroatoms. The summed E-state index contributed by atoms with van der Waals surface area (Å²) in [6, 6.07) is 5.62. The summed E-state index contributed by atoms with van der Waals surface area (Å²) in [6.07, 6.45) is 0. The van der Waals surface area contributed by atoms with Crippen LogP contribution in [-0.4, -0.2) is 24.7 Å². The number of amides is 3. The fourth-order valence-electron chi connectivity index (χ4n) is 1.26. The molecule has 4 nitrogen and oxygen atoms in total. The molecule has 98 valence electrons. The van der Waals surface area contributed by atoms with E-state index in [1.165, 1.54) is 30.9 Å². The van der Waals surface area contributed by atoms with Crippen LogP contribution < -0.4 is 10.6 Å². The highest BCUT2D eigenvalue weighted by Gasteiger charge is 2.11. The van der Waals surface area contributed by atoms with Gasteiger partial charge in [-0.25, -0.2) is 9.18 Å². The molecule has 0 heterocycles. The van der Waals surface area contributed by atoms with Gasteiger partial charge in [-0.3, -0.25) is 10.1 Å². The number of benzene rings is 1. The van der Waals surface area contributed by atoms with Gasteiger partial charge < -0.3 is 5.32 Å². The first kappa shape index (κ1) is 14.5. The number of halogens is 1. The van der Waals surface area contributed by atoms with E-state index in [9.17, 15) is 14.0 Å². The number of thioether (sulfide) groups is 1. The van der Waals surface area contributed by atoms with Crippen molar-refractivity contribution >= 4 is 23.7 Å². The maximum atomic E-state index is 12.7. The summed E-state index contributed by atoms with van der Waals surface area (Å²) >= 11 is 1.38. The first-order valence-corrected chi connectivity index (χ1v) is 6.46. The van der Waals surface area contributed by atoms with Crippen LogP contribution in [0.2, 0.25) is 0 Å². The van der Waals surface area contributed by atoms with Gasteiger partial charge in [0, 0.05) is 12.3 Å². The van der Waals surface area contributed by atoms with Crippen LogP contribution in [-0.2, 0) is 4.79 Å². The second kappa shape index (κ2) is 7.00. The number of urea groups is 1. The first-order chi connectivity index (χ1) is 8.52. The lowest BCUT2D eigenvalue weighted by atomic mass is 10.2. The molecule has 3 amide bonds. The molecule has 0 unspecified atom stereocenters. The van der Waals surface area contributed by atoms with Crippen molar-refractivity contribution in [2.45, 2.75) is 12.2 Å². The molecule has 0 aliphatic rings. The largest absolute Gasteiger partial charge is 0.341 e. The summed E-state index contributed by atoms with van der Waals surface area (Å²) in [7, 11) is 1.44.